The van der Waals surface area contributed by atoms with Gasteiger partial charge in [-0.2, -0.15) is 0 Å². The van der Waals surface area contributed by atoms with E-state index in [0.717, 1.165) is 23.1 Å². The van der Waals surface area contributed by atoms with Crippen molar-refractivity contribution in [2.45, 2.75) is 40.2 Å². The molecule has 180 valence electrons. The summed E-state index contributed by atoms with van der Waals surface area (Å²) in [7, 11) is 0. The highest BCUT2D eigenvalue weighted by Gasteiger charge is 2.47. The lowest BCUT2D eigenvalue weighted by atomic mass is 9.92. The molecule has 1 aliphatic rings. The third kappa shape index (κ3) is 4.85. The van der Waals surface area contributed by atoms with E-state index in [2.05, 4.69) is 20.8 Å². The van der Waals surface area contributed by atoms with Gasteiger partial charge in [-0.15, -0.1) is 0 Å². The van der Waals surface area contributed by atoms with Gasteiger partial charge in [0, 0.05) is 11.3 Å². The van der Waals surface area contributed by atoms with Crippen LogP contribution in [-0.4, -0.2) is 23.4 Å². The number of carbonyl (C=O) groups is 2. The number of benzene rings is 3. The molecule has 1 heterocycles. The average molecular weight is 470 g/mol. The van der Waals surface area contributed by atoms with Crippen molar-refractivity contribution >= 4 is 23.1 Å². The summed E-state index contributed by atoms with van der Waals surface area (Å²) in [6.07, 6.45) is 0.867. The Kier molecular flexibility index (Phi) is 7.06. The molecule has 1 aliphatic heterocycles. The zero-order valence-electron chi connectivity index (χ0n) is 20.6. The minimum absolute atomic E-state index is 0.0914. The molecule has 1 atom stereocenters. The standard InChI is InChI=1S/C30H31NO4/c1-5-21-10-12-22(13-11-21)28(32)26-27(25-9-7-6-8-20(25)4)31(30(34)29(26)33)23-14-16-24(17-15-23)35-18-19(2)3/h6-17,19,27,32H,5,18H2,1-4H3/b28-26-. The first-order valence-electron chi connectivity index (χ1n) is 12.0. The first-order valence-corrected chi connectivity index (χ1v) is 12.0. The Hall–Kier alpha value is -3.86. The molecule has 0 aromatic heterocycles. The summed E-state index contributed by atoms with van der Waals surface area (Å²) in [5, 5.41) is 11.3. The summed E-state index contributed by atoms with van der Waals surface area (Å²) in [6.45, 7) is 8.73. The third-order valence-corrected chi connectivity index (χ3v) is 6.26. The molecule has 35 heavy (non-hydrogen) atoms. The van der Waals surface area contributed by atoms with Crippen molar-refractivity contribution in [3.8, 4) is 5.75 Å². The Morgan fingerprint density at radius 3 is 2.23 bits per heavy atom. The van der Waals surface area contributed by atoms with Gasteiger partial charge < -0.3 is 9.84 Å². The van der Waals surface area contributed by atoms with Gasteiger partial charge in [0.2, 0.25) is 0 Å². The van der Waals surface area contributed by atoms with E-state index in [1.165, 1.54) is 4.90 Å². The van der Waals surface area contributed by atoms with Crippen molar-refractivity contribution < 1.29 is 19.4 Å². The molecule has 0 aliphatic carbocycles. The molecular weight excluding hydrogens is 438 g/mol. The van der Waals surface area contributed by atoms with Gasteiger partial charge in [0.05, 0.1) is 18.2 Å². The number of Topliss-reactive ketones (excluding diaryl/α,β-unsaturated/α-hetero) is 1. The van der Waals surface area contributed by atoms with E-state index < -0.39 is 17.7 Å². The van der Waals surface area contributed by atoms with Crippen molar-refractivity contribution in [1.82, 2.24) is 0 Å². The minimum Gasteiger partial charge on any atom is -0.507 e. The van der Waals surface area contributed by atoms with Crippen molar-refractivity contribution in [3.63, 3.8) is 0 Å². The Morgan fingerprint density at radius 2 is 1.63 bits per heavy atom. The van der Waals surface area contributed by atoms with E-state index in [0.29, 0.717) is 29.5 Å². The number of ether oxygens (including phenoxy) is 1. The number of hydrogen-bond acceptors (Lipinski definition) is 4. The number of ketones is 1. The van der Waals surface area contributed by atoms with Crippen LogP contribution in [0.5, 0.6) is 5.75 Å². The fourth-order valence-electron chi connectivity index (χ4n) is 4.31. The largest absolute Gasteiger partial charge is 0.507 e. The number of carbonyl (C=O) groups excluding carboxylic acids is 2. The molecule has 3 aromatic carbocycles. The Balaban J connectivity index is 1.83. The second-order valence-electron chi connectivity index (χ2n) is 9.27. The number of nitrogens with zero attached hydrogens (tertiary/aromatic N) is 1. The van der Waals surface area contributed by atoms with Crippen LogP contribution < -0.4 is 9.64 Å². The monoisotopic (exact) mass is 469 g/mol. The van der Waals surface area contributed by atoms with Crippen molar-refractivity contribution in [1.29, 1.82) is 0 Å². The van der Waals surface area contributed by atoms with Crippen LogP contribution in [0, 0.1) is 12.8 Å². The predicted octanol–water partition coefficient (Wildman–Crippen LogP) is 6.22. The van der Waals surface area contributed by atoms with Crippen molar-refractivity contribution in [2.75, 3.05) is 11.5 Å². The lowest BCUT2D eigenvalue weighted by Crippen LogP contribution is -2.29. The molecule has 0 bridgehead atoms. The van der Waals surface area contributed by atoms with Gasteiger partial charge in [0.25, 0.3) is 11.7 Å². The first-order chi connectivity index (χ1) is 16.8. The summed E-state index contributed by atoms with van der Waals surface area (Å²) < 4.78 is 5.78. The molecule has 4 rings (SSSR count). The second-order valence-corrected chi connectivity index (χ2v) is 9.27. The van der Waals surface area contributed by atoms with Gasteiger partial charge in [-0.25, -0.2) is 0 Å². The molecule has 1 N–H and O–H groups in total. The van der Waals surface area contributed by atoms with E-state index in [-0.39, 0.29) is 11.3 Å². The smallest absolute Gasteiger partial charge is 0.300 e. The molecule has 3 aromatic rings. The molecule has 1 fully saturated rings. The quantitative estimate of drug-likeness (QED) is 0.253. The maximum absolute atomic E-state index is 13.3. The molecular formula is C30H31NO4. The Bertz CT molecular complexity index is 1260. The summed E-state index contributed by atoms with van der Waals surface area (Å²) in [5.41, 5.74) is 4.01. The maximum Gasteiger partial charge on any atom is 0.300 e. The highest BCUT2D eigenvalue weighted by molar-refractivity contribution is 6.51. The summed E-state index contributed by atoms with van der Waals surface area (Å²) >= 11 is 0. The normalized spacial score (nSPS) is 17.3. The number of rotatable bonds is 7. The van der Waals surface area contributed by atoms with Crippen LogP contribution in [0.2, 0.25) is 0 Å². The lowest BCUT2D eigenvalue weighted by molar-refractivity contribution is -0.132. The zero-order chi connectivity index (χ0) is 25.1. The fraction of sp³-hybridized carbons (Fsp3) is 0.267. The van der Waals surface area contributed by atoms with E-state index in [4.69, 9.17) is 4.74 Å². The molecule has 1 amide bonds. The molecule has 0 radical (unpaired) electrons. The summed E-state index contributed by atoms with van der Waals surface area (Å²) in [4.78, 5) is 28.2. The van der Waals surface area contributed by atoms with Crippen LogP contribution in [0.3, 0.4) is 0 Å². The highest BCUT2D eigenvalue weighted by atomic mass is 16.5. The highest BCUT2D eigenvalue weighted by Crippen LogP contribution is 2.43. The van der Waals surface area contributed by atoms with Crippen LogP contribution in [-0.2, 0) is 16.0 Å². The zero-order valence-corrected chi connectivity index (χ0v) is 20.6. The number of hydrogen-bond donors (Lipinski definition) is 1. The van der Waals surface area contributed by atoms with E-state index in [9.17, 15) is 14.7 Å². The first kappa shape index (κ1) is 24.3. The number of anilines is 1. The van der Waals surface area contributed by atoms with Crippen LogP contribution >= 0.6 is 0 Å². The van der Waals surface area contributed by atoms with E-state index in [1.807, 2.05) is 43.3 Å². The van der Waals surface area contributed by atoms with Crippen LogP contribution in [0.25, 0.3) is 5.76 Å². The second kappa shape index (κ2) is 10.2. The SMILES string of the molecule is CCc1ccc(/C(O)=C2/C(=O)C(=O)N(c3ccc(OCC(C)C)cc3)C2c2ccccc2C)cc1. The van der Waals surface area contributed by atoms with E-state index >= 15 is 0 Å². The predicted molar refractivity (Wildman–Crippen MR) is 139 cm³/mol. The number of aryl methyl sites for hydroxylation is 2. The average Bonchev–Trinajstić information content (AvgIpc) is 3.13. The maximum atomic E-state index is 13.3. The molecule has 5 heteroatoms. The van der Waals surface area contributed by atoms with Gasteiger partial charge in [-0.3, -0.25) is 14.5 Å². The molecule has 0 saturated carbocycles. The Labute approximate surface area is 206 Å². The van der Waals surface area contributed by atoms with Crippen LogP contribution in [0.1, 0.15) is 49.1 Å². The minimum atomic E-state index is -0.746. The number of amides is 1. The van der Waals surface area contributed by atoms with Gasteiger partial charge in [-0.05, 0) is 60.2 Å². The van der Waals surface area contributed by atoms with Gasteiger partial charge in [0.1, 0.15) is 11.5 Å². The topological polar surface area (TPSA) is 66.8 Å². The molecule has 1 saturated heterocycles. The molecule has 0 spiro atoms. The van der Waals surface area contributed by atoms with E-state index in [1.54, 1.807) is 36.4 Å². The summed E-state index contributed by atoms with van der Waals surface area (Å²) in [5.74, 6) is -0.447. The summed E-state index contributed by atoms with van der Waals surface area (Å²) in [6, 6.07) is 21.5. The fourth-order valence-corrected chi connectivity index (χ4v) is 4.31. The van der Waals surface area contributed by atoms with Crippen LogP contribution in [0.15, 0.2) is 78.4 Å². The van der Waals surface area contributed by atoms with Gasteiger partial charge in [-0.1, -0.05) is 69.3 Å². The molecule has 5 nitrogen and oxygen atoms in total. The van der Waals surface area contributed by atoms with Crippen molar-refractivity contribution in [2.24, 2.45) is 5.92 Å². The van der Waals surface area contributed by atoms with Crippen LogP contribution in [0.4, 0.5) is 5.69 Å². The van der Waals surface area contributed by atoms with Crippen molar-refractivity contribution in [3.05, 3.63) is 101 Å². The number of aliphatic hydroxyl groups excluding tert-OH is 1. The molecule has 1 unspecified atom stereocenters. The van der Waals surface area contributed by atoms with Gasteiger partial charge in [0.15, 0.2) is 0 Å². The van der Waals surface area contributed by atoms with Gasteiger partial charge >= 0.3 is 0 Å². The number of aliphatic hydroxyl groups is 1. The Morgan fingerprint density at radius 1 is 0.971 bits per heavy atom. The lowest BCUT2D eigenvalue weighted by Gasteiger charge is -2.27. The third-order valence-electron chi connectivity index (χ3n) is 6.26.